The van der Waals surface area contributed by atoms with Crippen LogP contribution in [0.5, 0.6) is 0 Å². The molecule has 0 aliphatic heterocycles. The molecule has 1 aromatic rings. The van der Waals surface area contributed by atoms with Gasteiger partial charge in [-0.2, -0.15) is 5.26 Å². The van der Waals surface area contributed by atoms with Gasteiger partial charge in [0.25, 0.3) is 6.71 Å². The molecule has 0 saturated heterocycles. The maximum atomic E-state index is 8.97. The van der Waals surface area contributed by atoms with E-state index < -0.39 is 0 Å². The first-order valence-corrected chi connectivity index (χ1v) is 7.13. The molecule has 100 valence electrons. The Bertz CT molecular complexity index is 447. The fourth-order valence-corrected chi connectivity index (χ4v) is 2.11. The topological polar surface area (TPSA) is 47.6 Å². The van der Waals surface area contributed by atoms with Gasteiger partial charge >= 0.3 is 0 Å². The summed E-state index contributed by atoms with van der Waals surface area (Å²) in [6.07, 6.45) is 2.18. The molecule has 0 bridgehead atoms. The van der Waals surface area contributed by atoms with E-state index in [0.717, 1.165) is 12.8 Å². The van der Waals surface area contributed by atoms with E-state index in [1.807, 2.05) is 58.8 Å². The summed E-state index contributed by atoms with van der Waals surface area (Å²) in [6.45, 7) is 10.0. The van der Waals surface area contributed by atoms with Crippen molar-refractivity contribution in [2.75, 3.05) is 0 Å². The van der Waals surface area contributed by atoms with Gasteiger partial charge in [0.2, 0.25) is 0 Å². The average Bonchev–Trinajstić information content (AvgIpc) is 3.32. The zero-order valence-electron chi connectivity index (χ0n) is 12.7. The van der Waals surface area contributed by atoms with E-state index >= 15 is 0 Å². The molecular formula is C16H23BN2. The van der Waals surface area contributed by atoms with Crippen LogP contribution in [0.25, 0.3) is 0 Å². The number of benzene rings is 1. The molecular weight excluding hydrogens is 231 g/mol. The highest BCUT2D eigenvalue weighted by atomic mass is 14.4. The number of nitrogens with zero attached hydrogens (tertiary/aromatic N) is 2. The van der Waals surface area contributed by atoms with Crippen molar-refractivity contribution in [3.8, 4) is 12.0 Å². The lowest BCUT2D eigenvalue weighted by atomic mass is 9.40. The predicted octanol–water partition coefficient (Wildman–Crippen LogP) is 4.37. The number of rotatable bonds is 2. The zero-order valence-corrected chi connectivity index (χ0v) is 12.7. The van der Waals surface area contributed by atoms with Crippen LogP contribution in [0, 0.1) is 22.6 Å². The molecule has 0 aromatic heterocycles. The second-order valence-corrected chi connectivity index (χ2v) is 4.20. The first-order valence-electron chi connectivity index (χ1n) is 7.13. The van der Waals surface area contributed by atoms with Crippen LogP contribution in [0.4, 0.5) is 0 Å². The number of hydrogen-bond acceptors (Lipinski definition) is 2. The Kier molecular flexibility index (Phi) is 7.62. The van der Waals surface area contributed by atoms with Crippen LogP contribution in [0.1, 0.15) is 51.7 Å². The molecule has 0 heterocycles. The molecule has 1 aromatic carbocycles. The summed E-state index contributed by atoms with van der Waals surface area (Å²) in [4.78, 5) is 0. The molecule has 0 radical (unpaired) electrons. The van der Waals surface area contributed by atoms with E-state index in [4.69, 9.17) is 10.5 Å². The van der Waals surface area contributed by atoms with E-state index in [1.165, 1.54) is 5.56 Å². The Morgan fingerprint density at radius 2 is 1.47 bits per heavy atom. The average molecular weight is 254 g/mol. The van der Waals surface area contributed by atoms with Crippen LogP contribution in [0.3, 0.4) is 0 Å². The van der Waals surface area contributed by atoms with E-state index in [9.17, 15) is 0 Å². The number of hydrogen-bond donors (Lipinski definition) is 0. The van der Waals surface area contributed by atoms with Crippen molar-refractivity contribution in [1.82, 2.24) is 0 Å². The van der Waals surface area contributed by atoms with Crippen molar-refractivity contribution in [1.29, 1.82) is 10.5 Å². The molecule has 2 nitrogen and oxygen atoms in total. The molecule has 3 heteroatoms. The zero-order chi connectivity index (χ0) is 14.9. The molecule has 0 atom stereocenters. The van der Waals surface area contributed by atoms with Crippen molar-refractivity contribution >= 4 is 6.71 Å². The van der Waals surface area contributed by atoms with Gasteiger partial charge in [-0.15, -0.1) is 0 Å². The van der Waals surface area contributed by atoms with Crippen LogP contribution in [-0.2, 0) is 5.31 Å². The first kappa shape index (κ1) is 17.3. The highest BCUT2D eigenvalue weighted by molar-refractivity contribution is 6.69. The molecule has 0 N–H and O–H groups in total. The van der Waals surface area contributed by atoms with Gasteiger partial charge < -0.3 is 0 Å². The lowest BCUT2D eigenvalue weighted by molar-refractivity contribution is 0.981. The van der Waals surface area contributed by atoms with Crippen molar-refractivity contribution < 1.29 is 0 Å². The minimum atomic E-state index is 0.0606. The third kappa shape index (κ3) is 3.86. The van der Waals surface area contributed by atoms with Gasteiger partial charge in [0, 0.05) is 5.97 Å². The summed E-state index contributed by atoms with van der Waals surface area (Å²) >= 11 is 0. The summed E-state index contributed by atoms with van der Waals surface area (Å²) in [5.41, 5.74) is 1.88. The fourth-order valence-electron chi connectivity index (χ4n) is 2.11. The Morgan fingerprint density at radius 1 is 1.00 bits per heavy atom. The molecule has 1 saturated carbocycles. The van der Waals surface area contributed by atoms with Crippen LogP contribution >= 0.6 is 0 Å². The lowest BCUT2D eigenvalue weighted by Crippen LogP contribution is -2.26. The van der Waals surface area contributed by atoms with Crippen LogP contribution < -0.4 is 0 Å². The summed E-state index contributed by atoms with van der Waals surface area (Å²) in [6, 6.07) is 9.74. The van der Waals surface area contributed by atoms with Crippen molar-refractivity contribution in [2.24, 2.45) is 0 Å². The molecule has 19 heavy (non-hydrogen) atoms. The fraction of sp³-hybridized carbons (Fsp3) is 0.500. The van der Waals surface area contributed by atoms with Crippen LogP contribution in [0.15, 0.2) is 24.3 Å². The number of nitriles is 2. The Labute approximate surface area is 118 Å². The van der Waals surface area contributed by atoms with Crippen LogP contribution in [0.2, 0.25) is 6.82 Å². The van der Waals surface area contributed by atoms with Gasteiger partial charge in [-0.05, 0) is 35.9 Å². The Hall–Kier alpha value is -1.74. The van der Waals surface area contributed by atoms with Crippen molar-refractivity contribution in [3.63, 3.8) is 0 Å². The second-order valence-electron chi connectivity index (χ2n) is 4.20. The minimum absolute atomic E-state index is 0.0606. The highest BCUT2D eigenvalue weighted by Crippen LogP contribution is 2.49. The Morgan fingerprint density at radius 3 is 1.79 bits per heavy atom. The largest absolute Gasteiger partial charge is 0.275 e. The van der Waals surface area contributed by atoms with Gasteiger partial charge in [0.1, 0.15) is 0 Å². The van der Waals surface area contributed by atoms with E-state index in [-0.39, 0.29) is 12.0 Å². The van der Waals surface area contributed by atoms with E-state index in [2.05, 4.69) is 12.0 Å². The maximum absolute atomic E-state index is 8.97. The third-order valence-corrected chi connectivity index (χ3v) is 3.40. The molecule has 1 aliphatic rings. The second kappa shape index (κ2) is 8.38. The smallest absolute Gasteiger partial charge is 0.213 e. The molecule has 0 amide bonds. The van der Waals surface area contributed by atoms with Gasteiger partial charge in [0.05, 0.1) is 11.6 Å². The van der Waals surface area contributed by atoms with Crippen molar-refractivity contribution in [3.05, 3.63) is 35.4 Å². The molecule has 0 unspecified atom stereocenters. The summed E-state index contributed by atoms with van der Waals surface area (Å²) in [7, 11) is 0. The molecule has 2 rings (SSSR count). The predicted molar refractivity (Wildman–Crippen MR) is 82.0 cm³/mol. The quantitative estimate of drug-likeness (QED) is 0.735. The lowest BCUT2D eigenvalue weighted by Gasteiger charge is -2.15. The first-order chi connectivity index (χ1) is 9.23. The van der Waals surface area contributed by atoms with Gasteiger partial charge in [-0.1, -0.05) is 46.7 Å². The van der Waals surface area contributed by atoms with E-state index in [1.54, 1.807) is 0 Å². The summed E-state index contributed by atoms with van der Waals surface area (Å²) in [5.74, 6) is 2.33. The van der Waals surface area contributed by atoms with E-state index in [0.29, 0.717) is 5.56 Å². The monoisotopic (exact) mass is 254 g/mol. The standard InChI is InChI=1S/C12H11BN2.2C2H6/c1-13(9-15)12(6-7-12)11-4-2-10(8-14)3-5-11;2*1-2/h2-5H,6-7H2,1H3;2*1-2H3. The molecule has 0 spiro atoms. The molecule has 1 aliphatic carbocycles. The maximum Gasteiger partial charge on any atom is 0.275 e. The van der Waals surface area contributed by atoms with Gasteiger partial charge in [0.15, 0.2) is 0 Å². The highest BCUT2D eigenvalue weighted by Gasteiger charge is 2.51. The Balaban J connectivity index is 0.000000741. The molecule has 1 fully saturated rings. The van der Waals surface area contributed by atoms with Crippen molar-refractivity contribution in [2.45, 2.75) is 52.7 Å². The minimum Gasteiger partial charge on any atom is -0.213 e. The third-order valence-electron chi connectivity index (χ3n) is 3.40. The van der Waals surface area contributed by atoms with Gasteiger partial charge in [-0.3, -0.25) is 0 Å². The SMILES string of the molecule is CB(C#N)C1(c2ccc(C#N)cc2)CC1.CC.CC. The normalized spacial score (nSPS) is 13.4. The summed E-state index contributed by atoms with van der Waals surface area (Å²) < 4.78 is 0. The van der Waals surface area contributed by atoms with Gasteiger partial charge in [-0.25, -0.2) is 5.26 Å². The summed E-state index contributed by atoms with van der Waals surface area (Å²) in [5, 5.41) is 17.7. The van der Waals surface area contributed by atoms with Crippen LogP contribution in [-0.4, -0.2) is 6.71 Å².